The molecule has 1 saturated carbocycles. The molecule has 0 spiro atoms. The van der Waals surface area contributed by atoms with E-state index in [1.165, 1.54) is 12.8 Å². The van der Waals surface area contributed by atoms with Crippen LogP contribution in [0.3, 0.4) is 0 Å². The molecule has 2 N–H and O–H groups in total. The normalized spacial score (nSPS) is 14.4. The zero-order chi connectivity index (χ0) is 14.7. The molecule has 0 unspecified atom stereocenters. The molecule has 1 aromatic carbocycles. The van der Waals surface area contributed by atoms with Gasteiger partial charge in [-0.2, -0.15) is 0 Å². The van der Waals surface area contributed by atoms with Crippen LogP contribution in [0, 0.1) is 0 Å². The molecule has 4 nitrogen and oxygen atoms in total. The van der Waals surface area contributed by atoms with Gasteiger partial charge in [-0.05, 0) is 25.5 Å². The number of nitrogens with one attached hydrogen (secondary N) is 2. The van der Waals surface area contributed by atoms with Crippen molar-refractivity contribution in [3.63, 3.8) is 0 Å². The minimum absolute atomic E-state index is 0.0145. The van der Waals surface area contributed by atoms with Gasteiger partial charge in [0.25, 0.3) is 5.91 Å². The predicted molar refractivity (Wildman–Crippen MR) is 84.2 cm³/mol. The van der Waals surface area contributed by atoms with E-state index in [2.05, 4.69) is 22.2 Å². The number of amides is 1. The van der Waals surface area contributed by atoms with Gasteiger partial charge in [0.15, 0.2) is 0 Å². The van der Waals surface area contributed by atoms with Crippen molar-refractivity contribution >= 4 is 5.91 Å². The highest BCUT2D eigenvalue weighted by atomic mass is 16.1. The van der Waals surface area contributed by atoms with Crippen molar-refractivity contribution in [3.05, 3.63) is 48.3 Å². The summed E-state index contributed by atoms with van der Waals surface area (Å²) in [5.74, 6) is -0.0145. The molecule has 0 saturated heterocycles. The number of hydrogen-bond donors (Lipinski definition) is 2. The Labute approximate surface area is 125 Å². The monoisotopic (exact) mass is 283 g/mol. The van der Waals surface area contributed by atoms with Crippen LogP contribution >= 0.6 is 0 Å². The van der Waals surface area contributed by atoms with E-state index < -0.39 is 0 Å². The molecule has 0 bridgehead atoms. The first kappa shape index (κ1) is 13.9. The molecule has 0 atom stereocenters. The quantitative estimate of drug-likeness (QED) is 0.855. The maximum Gasteiger partial charge on any atom is 0.253 e. The second kappa shape index (κ2) is 6.14. The van der Waals surface area contributed by atoms with E-state index in [1.54, 1.807) is 6.20 Å². The molecule has 3 rings (SSSR count). The SMILES string of the molecule is CN(CCNC(=O)c1c[nH]cc1-c1ccccc1)C1CC1. The van der Waals surface area contributed by atoms with Crippen LogP contribution in [0.15, 0.2) is 42.7 Å². The molecule has 1 aliphatic rings. The Bertz CT molecular complexity index is 602. The average Bonchev–Trinajstić information content (AvgIpc) is 3.25. The zero-order valence-electron chi connectivity index (χ0n) is 12.3. The predicted octanol–water partition coefficient (Wildman–Crippen LogP) is 2.51. The largest absolute Gasteiger partial charge is 0.366 e. The molecule has 1 aromatic heterocycles. The number of nitrogens with zero attached hydrogens (tertiary/aromatic N) is 1. The molecular formula is C17H21N3O. The molecular weight excluding hydrogens is 262 g/mol. The summed E-state index contributed by atoms with van der Waals surface area (Å²) < 4.78 is 0. The van der Waals surface area contributed by atoms with Gasteiger partial charge in [0, 0.05) is 37.1 Å². The molecule has 1 heterocycles. The standard InChI is InChI=1S/C17H21N3O/c1-20(14-7-8-14)10-9-19-17(21)16-12-18-11-15(16)13-5-3-2-4-6-13/h2-6,11-12,14,18H,7-10H2,1H3,(H,19,21). The number of benzene rings is 1. The van der Waals surface area contributed by atoms with E-state index in [-0.39, 0.29) is 5.91 Å². The Hall–Kier alpha value is -2.07. The van der Waals surface area contributed by atoms with Crippen molar-refractivity contribution in [1.82, 2.24) is 15.2 Å². The maximum atomic E-state index is 12.3. The zero-order valence-corrected chi connectivity index (χ0v) is 12.3. The van der Waals surface area contributed by atoms with Crippen molar-refractivity contribution in [2.24, 2.45) is 0 Å². The number of aromatic amines is 1. The number of H-pyrrole nitrogens is 1. The van der Waals surface area contributed by atoms with Crippen LogP contribution in [0.1, 0.15) is 23.2 Å². The Morgan fingerprint density at radius 2 is 2.05 bits per heavy atom. The number of rotatable bonds is 6. The minimum Gasteiger partial charge on any atom is -0.366 e. The van der Waals surface area contributed by atoms with Crippen molar-refractivity contribution in [3.8, 4) is 11.1 Å². The number of carbonyl (C=O) groups excluding carboxylic acids is 1. The van der Waals surface area contributed by atoms with Gasteiger partial charge in [-0.1, -0.05) is 30.3 Å². The Balaban J connectivity index is 1.61. The van der Waals surface area contributed by atoms with E-state index in [0.29, 0.717) is 12.1 Å². The summed E-state index contributed by atoms with van der Waals surface area (Å²) in [5, 5.41) is 3.01. The first-order valence-electron chi connectivity index (χ1n) is 7.46. The lowest BCUT2D eigenvalue weighted by atomic mass is 10.0. The van der Waals surface area contributed by atoms with Gasteiger partial charge in [0.2, 0.25) is 0 Å². The van der Waals surface area contributed by atoms with E-state index in [1.807, 2.05) is 36.5 Å². The van der Waals surface area contributed by atoms with E-state index in [0.717, 1.165) is 23.7 Å². The first-order valence-corrected chi connectivity index (χ1v) is 7.46. The first-order chi connectivity index (χ1) is 10.3. The maximum absolute atomic E-state index is 12.3. The van der Waals surface area contributed by atoms with E-state index in [4.69, 9.17) is 0 Å². The van der Waals surface area contributed by atoms with Gasteiger partial charge in [0.1, 0.15) is 0 Å². The van der Waals surface area contributed by atoms with Gasteiger partial charge in [-0.25, -0.2) is 0 Å². The summed E-state index contributed by atoms with van der Waals surface area (Å²) in [6.45, 7) is 1.59. The van der Waals surface area contributed by atoms with Crippen LogP contribution in [0.5, 0.6) is 0 Å². The van der Waals surface area contributed by atoms with Crippen LogP contribution < -0.4 is 5.32 Å². The third-order valence-corrected chi connectivity index (χ3v) is 4.00. The topological polar surface area (TPSA) is 48.1 Å². The van der Waals surface area contributed by atoms with Gasteiger partial charge in [-0.3, -0.25) is 4.79 Å². The van der Waals surface area contributed by atoms with E-state index in [9.17, 15) is 4.79 Å². The highest BCUT2D eigenvalue weighted by Crippen LogP contribution is 2.25. The molecule has 1 fully saturated rings. The summed E-state index contributed by atoms with van der Waals surface area (Å²) in [4.78, 5) is 17.7. The molecule has 0 aliphatic heterocycles. The smallest absolute Gasteiger partial charge is 0.253 e. The lowest BCUT2D eigenvalue weighted by molar-refractivity contribution is 0.0950. The van der Waals surface area contributed by atoms with Crippen LogP contribution in [0.25, 0.3) is 11.1 Å². The number of likely N-dealkylation sites (N-methyl/N-ethyl adjacent to an activating group) is 1. The Kier molecular flexibility index (Phi) is 4.06. The average molecular weight is 283 g/mol. The van der Waals surface area contributed by atoms with Gasteiger partial charge in [0.05, 0.1) is 5.56 Å². The lowest BCUT2D eigenvalue weighted by Gasteiger charge is -2.15. The molecule has 2 aromatic rings. The van der Waals surface area contributed by atoms with Gasteiger partial charge >= 0.3 is 0 Å². The fourth-order valence-electron chi connectivity index (χ4n) is 2.55. The van der Waals surface area contributed by atoms with Crippen molar-refractivity contribution < 1.29 is 4.79 Å². The summed E-state index contributed by atoms with van der Waals surface area (Å²) in [7, 11) is 2.12. The van der Waals surface area contributed by atoms with Crippen molar-refractivity contribution in [2.75, 3.05) is 20.1 Å². The van der Waals surface area contributed by atoms with Crippen LogP contribution in [-0.2, 0) is 0 Å². The minimum atomic E-state index is -0.0145. The summed E-state index contributed by atoms with van der Waals surface area (Å²) >= 11 is 0. The van der Waals surface area contributed by atoms with Crippen molar-refractivity contribution in [2.45, 2.75) is 18.9 Å². The van der Waals surface area contributed by atoms with Crippen LogP contribution in [0.4, 0.5) is 0 Å². The van der Waals surface area contributed by atoms with Crippen LogP contribution in [0.2, 0.25) is 0 Å². The van der Waals surface area contributed by atoms with Gasteiger partial charge < -0.3 is 15.2 Å². The second-order valence-corrected chi connectivity index (χ2v) is 5.62. The van der Waals surface area contributed by atoms with Gasteiger partial charge in [-0.15, -0.1) is 0 Å². The summed E-state index contributed by atoms with van der Waals surface area (Å²) in [5.41, 5.74) is 2.71. The lowest BCUT2D eigenvalue weighted by Crippen LogP contribution is -2.34. The van der Waals surface area contributed by atoms with Crippen LogP contribution in [-0.4, -0.2) is 42.0 Å². The third kappa shape index (κ3) is 3.34. The highest BCUT2D eigenvalue weighted by Gasteiger charge is 2.25. The molecule has 1 aliphatic carbocycles. The van der Waals surface area contributed by atoms with E-state index >= 15 is 0 Å². The Morgan fingerprint density at radius 1 is 1.29 bits per heavy atom. The fourth-order valence-corrected chi connectivity index (χ4v) is 2.55. The molecule has 21 heavy (non-hydrogen) atoms. The Morgan fingerprint density at radius 3 is 2.76 bits per heavy atom. The molecule has 1 amide bonds. The summed E-state index contributed by atoms with van der Waals surface area (Å²) in [6.07, 6.45) is 6.23. The number of aromatic nitrogens is 1. The third-order valence-electron chi connectivity index (χ3n) is 4.00. The number of hydrogen-bond acceptors (Lipinski definition) is 2. The van der Waals surface area contributed by atoms with Crippen molar-refractivity contribution in [1.29, 1.82) is 0 Å². The molecule has 0 radical (unpaired) electrons. The highest BCUT2D eigenvalue weighted by molar-refractivity contribution is 6.00. The second-order valence-electron chi connectivity index (χ2n) is 5.62. The molecule has 4 heteroatoms. The number of carbonyl (C=O) groups is 1. The summed E-state index contributed by atoms with van der Waals surface area (Å²) in [6, 6.07) is 10.7. The fraction of sp³-hybridized carbons (Fsp3) is 0.353. The molecule has 110 valence electrons.